The Kier molecular flexibility index (Phi) is 4.13. The lowest BCUT2D eigenvalue weighted by atomic mass is 9.86. The van der Waals surface area contributed by atoms with Gasteiger partial charge in [-0.1, -0.05) is 30.4 Å². The van der Waals surface area contributed by atoms with Gasteiger partial charge in [0.25, 0.3) is 0 Å². The summed E-state index contributed by atoms with van der Waals surface area (Å²) in [4.78, 5) is 0. The van der Waals surface area contributed by atoms with Crippen LogP contribution in [0.1, 0.15) is 24.8 Å². The van der Waals surface area contributed by atoms with Crippen molar-refractivity contribution < 1.29 is 4.74 Å². The first kappa shape index (κ1) is 11.4. The molecular formula is C14H15ClO. The SMILES string of the molecule is ClCC#Cc1ccccc1OCC1CCC1. The summed E-state index contributed by atoms with van der Waals surface area (Å²) in [6.45, 7) is 0.819. The summed E-state index contributed by atoms with van der Waals surface area (Å²) in [7, 11) is 0. The minimum atomic E-state index is 0.358. The van der Waals surface area contributed by atoms with Crippen molar-refractivity contribution in [3.63, 3.8) is 0 Å². The van der Waals surface area contributed by atoms with Gasteiger partial charge in [-0.15, -0.1) is 11.6 Å². The third-order valence-corrected chi connectivity index (χ3v) is 3.01. The van der Waals surface area contributed by atoms with E-state index in [1.54, 1.807) is 0 Å². The smallest absolute Gasteiger partial charge is 0.134 e. The van der Waals surface area contributed by atoms with E-state index in [1.165, 1.54) is 19.3 Å². The second-order valence-corrected chi connectivity index (χ2v) is 4.31. The van der Waals surface area contributed by atoms with Crippen LogP contribution in [-0.4, -0.2) is 12.5 Å². The molecule has 1 saturated carbocycles. The van der Waals surface area contributed by atoms with Gasteiger partial charge in [-0.2, -0.15) is 0 Å². The zero-order valence-corrected chi connectivity index (χ0v) is 9.96. The molecule has 1 nitrogen and oxygen atoms in total. The van der Waals surface area contributed by atoms with E-state index in [2.05, 4.69) is 11.8 Å². The molecular weight excluding hydrogens is 220 g/mol. The van der Waals surface area contributed by atoms with Gasteiger partial charge in [0.15, 0.2) is 0 Å². The Morgan fingerprint density at radius 3 is 2.81 bits per heavy atom. The van der Waals surface area contributed by atoms with Crippen LogP contribution in [0.3, 0.4) is 0 Å². The molecule has 0 unspecified atom stereocenters. The molecule has 84 valence electrons. The van der Waals surface area contributed by atoms with Gasteiger partial charge in [0, 0.05) is 0 Å². The average molecular weight is 235 g/mol. The van der Waals surface area contributed by atoms with Crippen molar-refractivity contribution in [1.82, 2.24) is 0 Å². The third-order valence-electron chi connectivity index (χ3n) is 2.88. The van der Waals surface area contributed by atoms with Crippen molar-refractivity contribution in [2.45, 2.75) is 19.3 Å². The van der Waals surface area contributed by atoms with Gasteiger partial charge in [-0.05, 0) is 30.9 Å². The maximum atomic E-state index is 5.79. The summed E-state index contributed by atoms with van der Waals surface area (Å²) in [5.41, 5.74) is 0.933. The zero-order chi connectivity index (χ0) is 11.2. The van der Waals surface area contributed by atoms with E-state index in [1.807, 2.05) is 24.3 Å². The molecule has 0 bridgehead atoms. The predicted molar refractivity (Wildman–Crippen MR) is 66.9 cm³/mol. The van der Waals surface area contributed by atoms with E-state index in [0.29, 0.717) is 5.88 Å². The highest BCUT2D eigenvalue weighted by molar-refractivity contribution is 6.19. The van der Waals surface area contributed by atoms with Crippen molar-refractivity contribution >= 4 is 11.6 Å². The second kappa shape index (κ2) is 5.82. The number of benzene rings is 1. The first-order chi connectivity index (χ1) is 7.90. The molecule has 1 aromatic carbocycles. The molecule has 0 saturated heterocycles. The molecule has 0 spiro atoms. The number of hydrogen-bond donors (Lipinski definition) is 0. The standard InChI is InChI=1S/C14H15ClO/c15-10-4-8-13-7-1-2-9-14(13)16-11-12-5-3-6-12/h1-2,7,9,12H,3,5-6,10-11H2. The highest BCUT2D eigenvalue weighted by Gasteiger charge is 2.18. The molecule has 0 aromatic heterocycles. The van der Waals surface area contributed by atoms with E-state index in [4.69, 9.17) is 16.3 Å². The minimum Gasteiger partial charge on any atom is -0.492 e. The summed E-state index contributed by atoms with van der Waals surface area (Å²) in [5, 5.41) is 0. The number of rotatable bonds is 3. The Bertz CT molecular complexity index is 399. The zero-order valence-electron chi connectivity index (χ0n) is 9.21. The Balaban J connectivity index is 2.00. The minimum absolute atomic E-state index is 0.358. The van der Waals surface area contributed by atoms with Crippen LogP contribution < -0.4 is 4.74 Å². The molecule has 1 aliphatic rings. The molecule has 1 aromatic rings. The van der Waals surface area contributed by atoms with Gasteiger partial charge in [-0.25, -0.2) is 0 Å². The average Bonchev–Trinajstić information content (AvgIpc) is 2.26. The van der Waals surface area contributed by atoms with Crippen LogP contribution in [0.15, 0.2) is 24.3 Å². The van der Waals surface area contributed by atoms with Crippen LogP contribution in [0, 0.1) is 17.8 Å². The third kappa shape index (κ3) is 2.93. The fourth-order valence-electron chi connectivity index (χ4n) is 1.69. The monoisotopic (exact) mass is 234 g/mol. The van der Waals surface area contributed by atoms with Crippen LogP contribution in [0.4, 0.5) is 0 Å². The maximum absolute atomic E-state index is 5.79. The molecule has 16 heavy (non-hydrogen) atoms. The molecule has 0 amide bonds. The molecule has 0 radical (unpaired) electrons. The summed E-state index contributed by atoms with van der Waals surface area (Å²) in [6.07, 6.45) is 3.95. The Morgan fingerprint density at radius 2 is 2.12 bits per heavy atom. The first-order valence-corrected chi connectivity index (χ1v) is 6.20. The van der Waals surface area contributed by atoms with Crippen molar-refractivity contribution in [2.75, 3.05) is 12.5 Å². The van der Waals surface area contributed by atoms with Crippen LogP contribution in [-0.2, 0) is 0 Å². The van der Waals surface area contributed by atoms with E-state index in [0.717, 1.165) is 23.8 Å². The van der Waals surface area contributed by atoms with E-state index in [-0.39, 0.29) is 0 Å². The van der Waals surface area contributed by atoms with Gasteiger partial charge in [0.05, 0.1) is 18.1 Å². The Labute approximate surface area is 102 Å². The highest BCUT2D eigenvalue weighted by Crippen LogP contribution is 2.27. The first-order valence-electron chi connectivity index (χ1n) is 5.67. The number of hydrogen-bond acceptors (Lipinski definition) is 1. The number of alkyl halides is 1. The van der Waals surface area contributed by atoms with Crippen LogP contribution in [0.2, 0.25) is 0 Å². The van der Waals surface area contributed by atoms with Gasteiger partial charge in [0.2, 0.25) is 0 Å². The molecule has 0 heterocycles. The molecule has 1 fully saturated rings. The number of para-hydroxylation sites is 1. The van der Waals surface area contributed by atoms with Crippen molar-refractivity contribution in [3.05, 3.63) is 29.8 Å². The molecule has 1 aliphatic carbocycles. The van der Waals surface area contributed by atoms with Crippen LogP contribution in [0.25, 0.3) is 0 Å². The summed E-state index contributed by atoms with van der Waals surface area (Å²) >= 11 is 5.55. The molecule has 0 atom stereocenters. The number of halogens is 1. The van der Waals surface area contributed by atoms with Gasteiger partial charge < -0.3 is 4.74 Å². The molecule has 0 N–H and O–H groups in total. The summed E-state index contributed by atoms with van der Waals surface area (Å²) < 4.78 is 5.79. The quantitative estimate of drug-likeness (QED) is 0.575. The van der Waals surface area contributed by atoms with Gasteiger partial charge in [0.1, 0.15) is 5.75 Å². The normalized spacial score (nSPS) is 14.8. The Morgan fingerprint density at radius 1 is 1.31 bits per heavy atom. The van der Waals surface area contributed by atoms with Crippen LogP contribution >= 0.6 is 11.6 Å². The van der Waals surface area contributed by atoms with Gasteiger partial charge >= 0.3 is 0 Å². The lowest BCUT2D eigenvalue weighted by molar-refractivity contribution is 0.180. The van der Waals surface area contributed by atoms with Gasteiger partial charge in [-0.3, -0.25) is 0 Å². The lowest BCUT2D eigenvalue weighted by Crippen LogP contribution is -2.19. The lowest BCUT2D eigenvalue weighted by Gasteiger charge is -2.25. The van der Waals surface area contributed by atoms with Crippen molar-refractivity contribution in [2.24, 2.45) is 5.92 Å². The largest absolute Gasteiger partial charge is 0.492 e. The van der Waals surface area contributed by atoms with Crippen molar-refractivity contribution in [1.29, 1.82) is 0 Å². The van der Waals surface area contributed by atoms with Crippen LogP contribution in [0.5, 0.6) is 5.75 Å². The topological polar surface area (TPSA) is 9.23 Å². The van der Waals surface area contributed by atoms with E-state index in [9.17, 15) is 0 Å². The van der Waals surface area contributed by atoms with E-state index < -0.39 is 0 Å². The summed E-state index contributed by atoms with van der Waals surface area (Å²) in [6, 6.07) is 7.88. The predicted octanol–water partition coefficient (Wildman–Crippen LogP) is 3.46. The fraction of sp³-hybridized carbons (Fsp3) is 0.429. The van der Waals surface area contributed by atoms with Crippen molar-refractivity contribution in [3.8, 4) is 17.6 Å². The molecule has 2 rings (SSSR count). The second-order valence-electron chi connectivity index (χ2n) is 4.04. The Hall–Kier alpha value is -1.13. The fourth-order valence-corrected chi connectivity index (χ4v) is 1.76. The van der Waals surface area contributed by atoms with E-state index >= 15 is 0 Å². The summed E-state index contributed by atoms with van der Waals surface area (Å²) in [5.74, 6) is 7.86. The molecule has 0 aliphatic heterocycles. The highest BCUT2D eigenvalue weighted by atomic mass is 35.5. The number of ether oxygens (including phenoxy) is 1. The molecule has 2 heteroatoms. The maximum Gasteiger partial charge on any atom is 0.134 e.